The van der Waals surface area contributed by atoms with Gasteiger partial charge in [-0.25, -0.2) is 0 Å². The van der Waals surface area contributed by atoms with Crippen molar-refractivity contribution in [3.05, 3.63) is 0 Å². The molecule has 1 amide bonds. The quantitative estimate of drug-likeness (QED) is 0.514. The topological polar surface area (TPSA) is 66.4 Å². The van der Waals surface area contributed by atoms with Crippen LogP contribution in [-0.2, 0) is 9.59 Å². The zero-order chi connectivity index (χ0) is 14.6. The van der Waals surface area contributed by atoms with Crippen LogP contribution in [0.4, 0.5) is 0 Å². The van der Waals surface area contributed by atoms with Gasteiger partial charge in [-0.1, -0.05) is 13.8 Å². The van der Waals surface area contributed by atoms with Crippen molar-refractivity contribution >= 4 is 11.9 Å². The van der Waals surface area contributed by atoms with Crippen LogP contribution in [-0.4, -0.2) is 55.2 Å². The van der Waals surface area contributed by atoms with Gasteiger partial charge in [-0.15, -0.1) is 0 Å². The molecular weight excluding hydrogens is 232 g/mol. The van der Waals surface area contributed by atoms with Gasteiger partial charge >= 0.3 is 5.97 Å². The van der Waals surface area contributed by atoms with Crippen molar-refractivity contribution < 1.29 is 19.2 Å². The minimum Gasteiger partial charge on any atom is -0.481 e. The number of carboxylic acids is 1. The summed E-state index contributed by atoms with van der Waals surface area (Å²) in [5.74, 6) is -0.741. The first-order chi connectivity index (χ1) is 8.33. The Bertz CT molecular complexity index is 240. The van der Waals surface area contributed by atoms with E-state index in [1.54, 1.807) is 0 Å². The number of carbonyl (C=O) groups is 2. The molecule has 0 spiro atoms. The lowest BCUT2D eigenvalue weighted by atomic mass is 10.2. The van der Waals surface area contributed by atoms with Crippen LogP contribution in [0.2, 0.25) is 0 Å². The normalized spacial score (nSPS) is 10.3. The first-order valence-corrected chi connectivity index (χ1v) is 6.62. The molecule has 2 N–H and O–H groups in total. The highest BCUT2D eigenvalue weighted by Gasteiger charge is 2.14. The number of nitrogens with zero attached hydrogens (tertiary/aromatic N) is 1. The van der Waals surface area contributed by atoms with E-state index in [4.69, 9.17) is 5.11 Å². The maximum Gasteiger partial charge on any atom is 0.303 e. The van der Waals surface area contributed by atoms with E-state index in [0.717, 1.165) is 24.0 Å². The van der Waals surface area contributed by atoms with Crippen molar-refractivity contribution in [1.82, 2.24) is 5.32 Å². The number of nitrogens with one attached hydrogen (secondary N) is 1. The molecule has 0 fully saturated rings. The summed E-state index contributed by atoms with van der Waals surface area (Å²) in [6.45, 7) is 8.00. The molecule has 108 valence electrons. The Kier molecular flexibility index (Phi) is 11.8. The third-order valence-electron chi connectivity index (χ3n) is 2.47. The van der Waals surface area contributed by atoms with E-state index in [1.807, 2.05) is 13.8 Å². The number of carbonyl (C=O) groups excluding carboxylic acids is 1. The highest BCUT2D eigenvalue weighted by atomic mass is 16.4. The number of amides is 1. The first-order valence-electron chi connectivity index (χ1n) is 6.62. The zero-order valence-electron chi connectivity index (χ0n) is 12.5. The summed E-state index contributed by atoms with van der Waals surface area (Å²) >= 11 is 0. The molecule has 0 rings (SSSR count). The predicted octanol–water partition coefficient (Wildman–Crippen LogP) is 1.48. The smallest absolute Gasteiger partial charge is 0.303 e. The van der Waals surface area contributed by atoms with E-state index < -0.39 is 5.97 Å². The average Bonchev–Trinajstić information content (AvgIpc) is 2.26. The lowest BCUT2D eigenvalue weighted by molar-refractivity contribution is -0.890. The van der Waals surface area contributed by atoms with Gasteiger partial charge in [0.2, 0.25) is 5.91 Å². The third kappa shape index (κ3) is 14.9. The first kappa shape index (κ1) is 19.2. The van der Waals surface area contributed by atoms with Crippen LogP contribution in [0.3, 0.4) is 0 Å². The molecule has 0 heterocycles. The van der Waals surface area contributed by atoms with Gasteiger partial charge in [0.05, 0.1) is 33.6 Å². The van der Waals surface area contributed by atoms with Crippen LogP contribution >= 0.6 is 0 Å². The van der Waals surface area contributed by atoms with E-state index in [1.165, 1.54) is 6.92 Å². The molecule has 0 aromatic carbocycles. The lowest BCUT2D eigenvalue weighted by Gasteiger charge is -2.29. The van der Waals surface area contributed by atoms with Crippen molar-refractivity contribution in [3.8, 4) is 0 Å². The second-order valence-electron chi connectivity index (χ2n) is 4.72. The van der Waals surface area contributed by atoms with Crippen LogP contribution in [0.15, 0.2) is 0 Å². The van der Waals surface area contributed by atoms with Gasteiger partial charge in [-0.05, 0) is 0 Å². The van der Waals surface area contributed by atoms with Crippen LogP contribution in [0.25, 0.3) is 0 Å². The number of carboxylic acid groups (broad SMARTS) is 1. The van der Waals surface area contributed by atoms with Crippen LogP contribution in [0.5, 0.6) is 0 Å². The Balaban J connectivity index is 0. The molecule has 0 saturated heterocycles. The highest BCUT2D eigenvalue weighted by molar-refractivity contribution is 5.72. The molecule has 0 aliphatic rings. The molecule has 0 bridgehead atoms. The van der Waals surface area contributed by atoms with Gasteiger partial charge in [0.1, 0.15) is 0 Å². The van der Waals surface area contributed by atoms with Crippen molar-refractivity contribution in [2.45, 2.75) is 40.0 Å². The van der Waals surface area contributed by atoms with Crippen molar-refractivity contribution in [2.75, 3.05) is 33.7 Å². The Morgan fingerprint density at radius 1 is 1.11 bits per heavy atom. The molecule has 0 atom stereocenters. The van der Waals surface area contributed by atoms with E-state index in [9.17, 15) is 9.59 Å². The summed E-state index contributed by atoms with van der Waals surface area (Å²) in [7, 11) is 4.16. The fourth-order valence-electron chi connectivity index (χ4n) is 1.54. The number of rotatable bonds is 8. The van der Waals surface area contributed by atoms with Gasteiger partial charge in [-0.2, -0.15) is 0 Å². The number of quaternary nitrogens is 1. The maximum absolute atomic E-state index is 10.6. The summed E-state index contributed by atoms with van der Waals surface area (Å²) in [6, 6.07) is 0. The Hall–Kier alpha value is -1.10. The second kappa shape index (κ2) is 11.0. The molecule has 5 nitrogen and oxygen atoms in total. The van der Waals surface area contributed by atoms with Gasteiger partial charge in [0, 0.05) is 26.3 Å². The maximum atomic E-state index is 10.6. The zero-order valence-corrected chi connectivity index (χ0v) is 12.5. The second-order valence-corrected chi connectivity index (χ2v) is 4.72. The Morgan fingerprint density at radius 2 is 1.61 bits per heavy atom. The van der Waals surface area contributed by atoms with Gasteiger partial charge in [0.25, 0.3) is 0 Å². The van der Waals surface area contributed by atoms with E-state index in [2.05, 4.69) is 19.4 Å². The Morgan fingerprint density at radius 3 is 2.06 bits per heavy atom. The van der Waals surface area contributed by atoms with Gasteiger partial charge in [-0.3, -0.25) is 9.59 Å². The third-order valence-corrected chi connectivity index (χ3v) is 2.47. The molecule has 0 radical (unpaired) electrons. The highest BCUT2D eigenvalue weighted by Crippen LogP contribution is 2.03. The molecule has 0 saturated carbocycles. The molecule has 0 aliphatic carbocycles. The molecule has 0 aliphatic heterocycles. The summed E-state index contributed by atoms with van der Waals surface area (Å²) < 4.78 is 0.798. The predicted molar refractivity (Wildman–Crippen MR) is 73.4 cm³/mol. The summed E-state index contributed by atoms with van der Waals surface area (Å²) in [5.41, 5.74) is 0. The SMILES string of the molecule is CC.CC(=O)NCCC[N+](C)(C)CCCC(=O)O. The summed E-state index contributed by atoms with van der Waals surface area (Å²) in [4.78, 5) is 21.0. The van der Waals surface area contributed by atoms with Crippen LogP contribution in [0, 0.1) is 0 Å². The largest absolute Gasteiger partial charge is 0.481 e. The van der Waals surface area contributed by atoms with Crippen LogP contribution < -0.4 is 5.32 Å². The van der Waals surface area contributed by atoms with Crippen molar-refractivity contribution in [3.63, 3.8) is 0 Å². The van der Waals surface area contributed by atoms with E-state index in [-0.39, 0.29) is 12.3 Å². The lowest BCUT2D eigenvalue weighted by Crippen LogP contribution is -2.42. The monoisotopic (exact) mass is 261 g/mol. The standard InChI is InChI=1S/C11H22N2O3.C2H6/c1-10(14)12-7-5-9-13(2,3)8-4-6-11(15)16;1-2/h4-9H2,1-3H3,(H-,12,14,15,16);1-2H3/p+1. The van der Waals surface area contributed by atoms with E-state index >= 15 is 0 Å². The number of aliphatic carboxylic acids is 1. The number of hydrogen-bond donors (Lipinski definition) is 2. The number of hydrogen-bond acceptors (Lipinski definition) is 2. The fourth-order valence-corrected chi connectivity index (χ4v) is 1.54. The molecule has 18 heavy (non-hydrogen) atoms. The molecule has 5 heteroatoms. The molecular formula is C13H29N2O3+. The Labute approximate surface area is 111 Å². The minimum atomic E-state index is -0.738. The molecule has 0 unspecified atom stereocenters. The summed E-state index contributed by atoms with van der Waals surface area (Å²) in [5, 5.41) is 11.3. The summed E-state index contributed by atoms with van der Waals surface area (Å²) in [6.07, 6.45) is 1.84. The fraction of sp³-hybridized carbons (Fsp3) is 0.846. The van der Waals surface area contributed by atoms with Gasteiger partial charge < -0.3 is 14.9 Å². The minimum absolute atomic E-state index is 0.00353. The van der Waals surface area contributed by atoms with Gasteiger partial charge in [0.15, 0.2) is 0 Å². The molecule has 0 aromatic heterocycles. The van der Waals surface area contributed by atoms with Crippen molar-refractivity contribution in [2.24, 2.45) is 0 Å². The average molecular weight is 261 g/mol. The van der Waals surface area contributed by atoms with Crippen molar-refractivity contribution in [1.29, 1.82) is 0 Å². The molecule has 0 aromatic rings. The van der Waals surface area contributed by atoms with Crippen LogP contribution in [0.1, 0.15) is 40.0 Å². The van der Waals surface area contributed by atoms with E-state index in [0.29, 0.717) is 13.0 Å².